The van der Waals surface area contributed by atoms with E-state index in [-0.39, 0.29) is 41.8 Å². The average molecular weight is 385 g/mol. The van der Waals surface area contributed by atoms with Crippen molar-refractivity contribution >= 4 is 34.8 Å². The summed E-state index contributed by atoms with van der Waals surface area (Å²) in [6, 6.07) is 4.82. The van der Waals surface area contributed by atoms with Gasteiger partial charge in [-0.15, -0.1) is 24.8 Å². The largest absolute Gasteiger partial charge is 0.314 e. The summed E-state index contributed by atoms with van der Waals surface area (Å²) in [5, 5.41) is 12.0. The van der Waals surface area contributed by atoms with Crippen LogP contribution >= 0.6 is 24.8 Å². The number of nitriles is 1. The van der Waals surface area contributed by atoms with Crippen LogP contribution in [0.3, 0.4) is 0 Å². The van der Waals surface area contributed by atoms with Gasteiger partial charge in [-0.05, 0) is 18.2 Å². The second-order valence-electron chi connectivity index (χ2n) is 4.74. The van der Waals surface area contributed by atoms with Crippen molar-refractivity contribution < 1.29 is 12.8 Å². The first-order valence-electron chi connectivity index (χ1n) is 6.65. The highest BCUT2D eigenvalue weighted by Crippen LogP contribution is 2.14. The lowest BCUT2D eigenvalue weighted by atomic mass is 10.2. The van der Waals surface area contributed by atoms with Gasteiger partial charge in [-0.25, -0.2) is 17.5 Å². The van der Waals surface area contributed by atoms with Crippen molar-refractivity contribution in [3.05, 3.63) is 29.6 Å². The first-order valence-corrected chi connectivity index (χ1v) is 8.13. The summed E-state index contributed by atoms with van der Waals surface area (Å²) < 4.78 is 39.8. The van der Waals surface area contributed by atoms with E-state index >= 15 is 0 Å². The van der Waals surface area contributed by atoms with Crippen molar-refractivity contribution in [2.45, 2.75) is 4.90 Å². The highest BCUT2D eigenvalue weighted by atomic mass is 35.5. The molecule has 1 aliphatic rings. The number of hydrogen-bond donors (Lipinski definition) is 2. The van der Waals surface area contributed by atoms with Gasteiger partial charge < -0.3 is 5.32 Å². The number of piperazine rings is 1. The maximum absolute atomic E-state index is 13.2. The zero-order valence-corrected chi connectivity index (χ0v) is 14.7. The third-order valence-corrected chi connectivity index (χ3v) is 4.76. The molecule has 1 aliphatic heterocycles. The molecule has 1 heterocycles. The van der Waals surface area contributed by atoms with Crippen LogP contribution in [0.4, 0.5) is 4.39 Å². The molecule has 1 aromatic carbocycles. The van der Waals surface area contributed by atoms with Crippen LogP contribution in [-0.2, 0) is 10.0 Å². The van der Waals surface area contributed by atoms with Gasteiger partial charge in [0.05, 0.1) is 10.5 Å². The number of rotatable bonds is 5. The molecule has 1 saturated heterocycles. The van der Waals surface area contributed by atoms with Crippen LogP contribution in [0.2, 0.25) is 0 Å². The van der Waals surface area contributed by atoms with Crippen LogP contribution in [0, 0.1) is 17.1 Å². The fourth-order valence-electron chi connectivity index (χ4n) is 2.11. The fraction of sp³-hybridized carbons (Fsp3) is 0.462. The number of nitrogens with one attached hydrogen (secondary N) is 2. The minimum absolute atomic E-state index is 0. The van der Waals surface area contributed by atoms with E-state index in [0.717, 1.165) is 44.4 Å². The second kappa shape index (κ2) is 10.0. The molecule has 0 aromatic heterocycles. The molecule has 0 spiro atoms. The zero-order chi connectivity index (χ0) is 15.3. The molecule has 6 nitrogen and oxygen atoms in total. The molecule has 2 N–H and O–H groups in total. The number of benzene rings is 1. The predicted molar refractivity (Wildman–Crippen MR) is 90.1 cm³/mol. The summed E-state index contributed by atoms with van der Waals surface area (Å²) in [5.74, 6) is -0.725. The van der Waals surface area contributed by atoms with E-state index in [1.807, 2.05) is 0 Å². The maximum atomic E-state index is 13.2. The average Bonchev–Trinajstić information content (AvgIpc) is 2.48. The molecule has 0 saturated carbocycles. The first-order chi connectivity index (χ1) is 10.0. The number of halogens is 3. The van der Waals surface area contributed by atoms with Gasteiger partial charge in [0, 0.05) is 39.3 Å². The third-order valence-electron chi connectivity index (χ3n) is 3.30. The van der Waals surface area contributed by atoms with Crippen LogP contribution in [0.15, 0.2) is 23.1 Å². The molecular weight excluding hydrogens is 366 g/mol. The summed E-state index contributed by atoms with van der Waals surface area (Å²) >= 11 is 0. The highest BCUT2D eigenvalue weighted by molar-refractivity contribution is 7.89. The van der Waals surface area contributed by atoms with E-state index in [9.17, 15) is 12.8 Å². The third kappa shape index (κ3) is 6.22. The Balaban J connectivity index is 0.00000242. The minimum Gasteiger partial charge on any atom is -0.314 e. The Hall–Kier alpha value is -0.950. The van der Waals surface area contributed by atoms with Gasteiger partial charge in [0.2, 0.25) is 10.0 Å². The van der Waals surface area contributed by atoms with E-state index < -0.39 is 15.8 Å². The summed E-state index contributed by atoms with van der Waals surface area (Å²) in [6.07, 6.45) is 0. The topological polar surface area (TPSA) is 85.2 Å². The molecule has 0 aliphatic carbocycles. The summed E-state index contributed by atoms with van der Waals surface area (Å²) in [7, 11) is -3.72. The molecular formula is C13H19Cl2FN4O2S. The van der Waals surface area contributed by atoms with Crippen molar-refractivity contribution in [1.29, 1.82) is 5.26 Å². The molecule has 0 amide bonds. The van der Waals surface area contributed by atoms with Gasteiger partial charge in [-0.2, -0.15) is 5.26 Å². The van der Waals surface area contributed by atoms with Gasteiger partial charge in [0.1, 0.15) is 11.9 Å². The summed E-state index contributed by atoms with van der Waals surface area (Å²) in [4.78, 5) is 2.06. The van der Waals surface area contributed by atoms with Gasteiger partial charge >= 0.3 is 0 Å². The fourth-order valence-corrected chi connectivity index (χ4v) is 3.16. The molecule has 0 radical (unpaired) electrons. The predicted octanol–water partition coefficient (Wildman–Crippen LogP) is 0.724. The molecule has 0 unspecified atom stereocenters. The Labute approximate surface area is 147 Å². The molecule has 0 bridgehead atoms. The van der Waals surface area contributed by atoms with Crippen molar-refractivity contribution in [3.63, 3.8) is 0 Å². The van der Waals surface area contributed by atoms with Crippen molar-refractivity contribution in [2.24, 2.45) is 0 Å². The Morgan fingerprint density at radius 3 is 2.57 bits per heavy atom. The zero-order valence-electron chi connectivity index (χ0n) is 12.3. The normalized spacial score (nSPS) is 15.1. The minimum atomic E-state index is -3.72. The van der Waals surface area contributed by atoms with Crippen LogP contribution in [0.25, 0.3) is 0 Å². The molecule has 10 heteroatoms. The number of sulfonamides is 1. The van der Waals surface area contributed by atoms with Crippen LogP contribution < -0.4 is 10.0 Å². The van der Waals surface area contributed by atoms with E-state index in [1.165, 1.54) is 0 Å². The SMILES string of the molecule is Cl.Cl.N#Cc1cc(S(=O)(=O)NCCN2CCNCC2)ccc1F. The monoisotopic (exact) mass is 384 g/mol. The van der Waals surface area contributed by atoms with Gasteiger partial charge in [0.15, 0.2) is 0 Å². The van der Waals surface area contributed by atoms with Gasteiger partial charge in [-0.1, -0.05) is 0 Å². The number of hydrogen-bond acceptors (Lipinski definition) is 5. The first kappa shape index (κ1) is 22.1. The Kier molecular flexibility index (Phi) is 9.61. The quantitative estimate of drug-likeness (QED) is 0.781. The molecule has 2 rings (SSSR count). The standard InChI is InChI=1S/C13H17FN4O2S.2ClH/c14-13-2-1-12(9-11(13)10-15)21(19,20)17-5-8-18-6-3-16-4-7-18;;/h1-2,9,16-17H,3-8H2;2*1H. The van der Waals surface area contributed by atoms with Crippen molar-refractivity contribution in [1.82, 2.24) is 14.9 Å². The van der Waals surface area contributed by atoms with Gasteiger partial charge in [-0.3, -0.25) is 4.90 Å². The molecule has 1 fully saturated rings. The second-order valence-corrected chi connectivity index (χ2v) is 6.51. The van der Waals surface area contributed by atoms with E-state index in [2.05, 4.69) is 14.9 Å². The van der Waals surface area contributed by atoms with Crippen molar-refractivity contribution in [3.8, 4) is 6.07 Å². The van der Waals surface area contributed by atoms with E-state index in [4.69, 9.17) is 5.26 Å². The lowest BCUT2D eigenvalue weighted by Crippen LogP contribution is -2.46. The smallest absolute Gasteiger partial charge is 0.240 e. The molecule has 130 valence electrons. The maximum Gasteiger partial charge on any atom is 0.240 e. The van der Waals surface area contributed by atoms with E-state index in [1.54, 1.807) is 6.07 Å². The van der Waals surface area contributed by atoms with Gasteiger partial charge in [0.25, 0.3) is 0 Å². The van der Waals surface area contributed by atoms with Crippen LogP contribution in [0.1, 0.15) is 5.56 Å². The Morgan fingerprint density at radius 2 is 1.96 bits per heavy atom. The summed E-state index contributed by atoms with van der Waals surface area (Å²) in [6.45, 7) is 4.47. The Morgan fingerprint density at radius 1 is 1.30 bits per heavy atom. The molecule has 23 heavy (non-hydrogen) atoms. The van der Waals surface area contributed by atoms with Crippen LogP contribution in [0.5, 0.6) is 0 Å². The lowest BCUT2D eigenvalue weighted by Gasteiger charge is -2.27. The lowest BCUT2D eigenvalue weighted by molar-refractivity contribution is 0.245. The molecule has 1 aromatic rings. The number of nitrogens with zero attached hydrogens (tertiary/aromatic N) is 2. The highest BCUT2D eigenvalue weighted by Gasteiger charge is 2.17. The van der Waals surface area contributed by atoms with Crippen LogP contribution in [-0.4, -0.2) is 52.6 Å². The van der Waals surface area contributed by atoms with Crippen molar-refractivity contribution in [2.75, 3.05) is 39.3 Å². The molecule has 0 atom stereocenters. The summed E-state index contributed by atoms with van der Waals surface area (Å²) in [5.41, 5.74) is -0.278. The Bertz CT molecular complexity index is 646. The van der Waals surface area contributed by atoms with E-state index in [0.29, 0.717) is 6.54 Å².